The molecule has 0 radical (unpaired) electrons. The first kappa shape index (κ1) is 24.6. The van der Waals surface area contributed by atoms with Crippen LogP contribution in [0.1, 0.15) is 78.6 Å². The molecule has 4 aromatic rings. The molecule has 0 amide bonds. The van der Waals surface area contributed by atoms with Crippen molar-refractivity contribution in [3.63, 3.8) is 0 Å². The molecule has 1 spiro atoms. The van der Waals surface area contributed by atoms with Crippen LogP contribution >= 0.6 is 8.53 Å². The van der Waals surface area contributed by atoms with Gasteiger partial charge in [-0.2, -0.15) is 0 Å². The van der Waals surface area contributed by atoms with Crippen molar-refractivity contribution in [1.29, 1.82) is 0 Å². The zero-order valence-electron chi connectivity index (χ0n) is 23.3. The van der Waals surface area contributed by atoms with Gasteiger partial charge in [0.05, 0.1) is 0 Å². The van der Waals surface area contributed by atoms with Crippen molar-refractivity contribution >= 4 is 8.53 Å². The monoisotopic (exact) mass is 545 g/mol. The van der Waals surface area contributed by atoms with Crippen molar-refractivity contribution in [3.05, 3.63) is 130 Å². The minimum atomic E-state index is -1.47. The third-order valence-corrected chi connectivity index (χ3v) is 12.1. The normalized spacial score (nSPS) is 27.0. The average Bonchev–Trinajstić information content (AvgIpc) is 3.52. The zero-order chi connectivity index (χ0) is 26.8. The fourth-order valence-corrected chi connectivity index (χ4v) is 10.3. The van der Waals surface area contributed by atoms with Gasteiger partial charge in [0.2, 0.25) is 0 Å². The largest absolute Gasteiger partial charge is 0.427 e. The molecule has 3 aliphatic carbocycles. The minimum absolute atomic E-state index is 0.0262. The van der Waals surface area contributed by atoms with E-state index in [1.165, 1.54) is 52.6 Å². The molecule has 1 fully saturated rings. The van der Waals surface area contributed by atoms with Crippen LogP contribution in [-0.4, -0.2) is 4.67 Å². The number of rotatable bonds is 5. The van der Waals surface area contributed by atoms with Crippen LogP contribution in [0.15, 0.2) is 97.1 Å². The number of hydrogen-bond acceptors (Lipinski definition) is 3. The van der Waals surface area contributed by atoms with Gasteiger partial charge in [0, 0.05) is 28.6 Å². The van der Waals surface area contributed by atoms with Crippen molar-refractivity contribution < 1.29 is 9.05 Å². The molecule has 3 nitrogen and oxygen atoms in total. The Morgan fingerprint density at radius 2 is 1.12 bits per heavy atom. The quantitative estimate of drug-likeness (QED) is 0.233. The molecule has 4 aliphatic rings. The van der Waals surface area contributed by atoms with Gasteiger partial charge < -0.3 is 9.05 Å². The first-order valence-electron chi connectivity index (χ1n) is 14.9. The van der Waals surface area contributed by atoms with E-state index in [9.17, 15) is 0 Å². The summed E-state index contributed by atoms with van der Waals surface area (Å²) in [6, 6.07) is 35.4. The third kappa shape index (κ3) is 3.50. The van der Waals surface area contributed by atoms with Crippen LogP contribution in [0.2, 0.25) is 0 Å². The van der Waals surface area contributed by atoms with Gasteiger partial charge in [-0.25, -0.2) is 4.67 Å². The van der Waals surface area contributed by atoms with E-state index in [-0.39, 0.29) is 17.5 Å². The van der Waals surface area contributed by atoms with E-state index in [1.54, 1.807) is 0 Å². The lowest BCUT2D eigenvalue weighted by Gasteiger charge is -2.46. The third-order valence-electron chi connectivity index (χ3n) is 10.3. The molecule has 202 valence electrons. The number of hydrogen-bond donors (Lipinski definition) is 0. The summed E-state index contributed by atoms with van der Waals surface area (Å²) in [5, 5.41) is 0. The Bertz CT molecular complexity index is 1440. The smallest absolute Gasteiger partial charge is 0.385 e. The second-order valence-electron chi connectivity index (χ2n) is 12.2. The van der Waals surface area contributed by atoms with Gasteiger partial charge in [0.25, 0.3) is 0 Å². The second kappa shape index (κ2) is 9.47. The lowest BCUT2D eigenvalue weighted by Crippen LogP contribution is -2.42. The molecule has 1 heterocycles. The van der Waals surface area contributed by atoms with Crippen LogP contribution in [0.5, 0.6) is 11.5 Å². The Balaban J connectivity index is 1.32. The maximum absolute atomic E-state index is 7.22. The van der Waals surface area contributed by atoms with E-state index in [4.69, 9.17) is 9.05 Å². The summed E-state index contributed by atoms with van der Waals surface area (Å²) >= 11 is 0. The molecule has 1 aliphatic heterocycles. The van der Waals surface area contributed by atoms with Crippen LogP contribution in [-0.2, 0) is 18.3 Å². The van der Waals surface area contributed by atoms with Gasteiger partial charge in [-0.05, 0) is 85.8 Å². The molecule has 40 heavy (non-hydrogen) atoms. The lowest BCUT2D eigenvalue weighted by atomic mass is 9.59. The van der Waals surface area contributed by atoms with Gasteiger partial charge in [0.15, 0.2) is 0 Å². The summed E-state index contributed by atoms with van der Waals surface area (Å²) in [4.78, 5) is 0. The van der Waals surface area contributed by atoms with E-state index >= 15 is 0 Å². The summed E-state index contributed by atoms with van der Waals surface area (Å²) in [7, 11) is -1.47. The Labute approximate surface area is 239 Å². The van der Waals surface area contributed by atoms with Crippen LogP contribution < -0.4 is 9.05 Å². The molecular formula is C36H36NO2P. The van der Waals surface area contributed by atoms with Crippen molar-refractivity contribution in [1.82, 2.24) is 4.67 Å². The van der Waals surface area contributed by atoms with E-state index in [1.807, 2.05) is 0 Å². The van der Waals surface area contributed by atoms with Gasteiger partial charge >= 0.3 is 8.53 Å². The minimum Gasteiger partial charge on any atom is -0.427 e. The highest BCUT2D eigenvalue weighted by molar-refractivity contribution is 7.45. The molecule has 0 saturated heterocycles. The van der Waals surface area contributed by atoms with Crippen molar-refractivity contribution in [2.24, 2.45) is 11.8 Å². The first-order valence-corrected chi connectivity index (χ1v) is 16.1. The Kier molecular flexibility index (Phi) is 5.83. The van der Waals surface area contributed by atoms with Crippen LogP contribution in [0.3, 0.4) is 0 Å². The molecule has 4 heteroatoms. The lowest BCUT2D eigenvalue weighted by molar-refractivity contribution is 0.168. The fraction of sp³-hybridized carbons (Fsp3) is 0.333. The van der Waals surface area contributed by atoms with Crippen LogP contribution in [0.4, 0.5) is 0 Å². The van der Waals surface area contributed by atoms with E-state index in [0.717, 1.165) is 24.3 Å². The Hall–Kier alpha value is -3.13. The molecule has 4 aromatic carbocycles. The summed E-state index contributed by atoms with van der Waals surface area (Å²) < 4.78 is 16.9. The summed E-state index contributed by atoms with van der Waals surface area (Å²) in [5.74, 6) is 3.35. The molecule has 0 aromatic heterocycles. The van der Waals surface area contributed by atoms with Crippen molar-refractivity contribution in [3.8, 4) is 11.5 Å². The summed E-state index contributed by atoms with van der Waals surface area (Å²) in [5.41, 5.74) is 8.50. The standard InChI is InChI=1S/C36H36NO2P/c1-24(26-12-5-3-6-13-26)37(25(2)27-14-7-4-8-15-27)40-38-32-20-9-16-28-22-30-18-11-19-31-23-29-17-10-21-33(39-40)35(29)36(30,31)34(28)32/h3-10,12-17,20-21,24-25,30-31H,11,18-19,22-23H2,1-2H3/t24-,25-,30-,31-,36?/m0/s1. The summed E-state index contributed by atoms with van der Waals surface area (Å²) in [6.45, 7) is 4.59. The SMILES string of the molecule is C[C@@H](c1ccccc1)N([C@@H](C)c1ccccc1)P1Oc2cccc3c2C24c5c(cccc5O1)C[C@@H]2CCC[C@H]4C3. The van der Waals surface area contributed by atoms with Gasteiger partial charge in [0.1, 0.15) is 11.5 Å². The maximum atomic E-state index is 7.22. The predicted molar refractivity (Wildman–Crippen MR) is 162 cm³/mol. The molecule has 0 bridgehead atoms. The topological polar surface area (TPSA) is 21.7 Å². The zero-order valence-corrected chi connectivity index (χ0v) is 24.2. The summed E-state index contributed by atoms with van der Waals surface area (Å²) in [6.07, 6.45) is 6.21. The van der Waals surface area contributed by atoms with Crippen LogP contribution in [0.25, 0.3) is 0 Å². The van der Waals surface area contributed by atoms with Crippen LogP contribution in [0, 0.1) is 11.8 Å². The number of benzene rings is 4. The fourth-order valence-electron chi connectivity index (χ4n) is 8.65. The van der Waals surface area contributed by atoms with E-state index in [2.05, 4.69) is 116 Å². The van der Waals surface area contributed by atoms with Gasteiger partial charge in [-0.3, -0.25) is 0 Å². The average molecular weight is 546 g/mol. The highest BCUT2D eigenvalue weighted by Crippen LogP contribution is 2.69. The van der Waals surface area contributed by atoms with E-state index in [0.29, 0.717) is 11.8 Å². The molecule has 0 N–H and O–H groups in total. The van der Waals surface area contributed by atoms with Gasteiger partial charge in [-0.15, -0.1) is 0 Å². The maximum Gasteiger partial charge on any atom is 0.385 e. The first-order chi connectivity index (χ1) is 19.7. The predicted octanol–water partition coefficient (Wildman–Crippen LogP) is 9.32. The molecule has 0 unspecified atom stereocenters. The molecule has 4 atom stereocenters. The molecule has 8 rings (SSSR count). The van der Waals surface area contributed by atoms with Gasteiger partial charge in [-0.1, -0.05) is 91.3 Å². The van der Waals surface area contributed by atoms with E-state index < -0.39 is 8.53 Å². The Morgan fingerprint density at radius 1 is 0.650 bits per heavy atom. The molecule has 1 saturated carbocycles. The van der Waals surface area contributed by atoms with Crippen molar-refractivity contribution in [2.45, 2.75) is 63.5 Å². The Morgan fingerprint density at radius 3 is 1.60 bits per heavy atom. The highest BCUT2D eigenvalue weighted by atomic mass is 31.2. The molecular weight excluding hydrogens is 509 g/mol. The van der Waals surface area contributed by atoms with Crippen molar-refractivity contribution in [2.75, 3.05) is 0 Å². The highest BCUT2D eigenvalue weighted by Gasteiger charge is 2.61. The number of nitrogens with zero attached hydrogens (tertiary/aromatic N) is 1. The second-order valence-corrected chi connectivity index (χ2v) is 13.5.